The fourth-order valence-electron chi connectivity index (χ4n) is 1.71. The minimum absolute atomic E-state index is 0.00351. The maximum Gasteiger partial charge on any atom is 0.331 e. The summed E-state index contributed by atoms with van der Waals surface area (Å²) in [5.41, 5.74) is -0.871. The van der Waals surface area contributed by atoms with E-state index in [0.717, 1.165) is 6.42 Å². The lowest BCUT2D eigenvalue weighted by molar-refractivity contribution is -0.147. The second kappa shape index (κ2) is 5.91. The van der Waals surface area contributed by atoms with Gasteiger partial charge in [-0.3, -0.25) is 4.79 Å². The topological polar surface area (TPSA) is 68.5 Å². The van der Waals surface area contributed by atoms with Crippen molar-refractivity contribution in [2.45, 2.75) is 32.2 Å². The fourth-order valence-corrected chi connectivity index (χ4v) is 1.91. The molecule has 1 rings (SSSR count). The molecule has 0 aliphatic heterocycles. The number of carbonyl (C=O) groups excluding carboxylic acids is 2. The standard InChI is InChI=1S/C12H16ClNO4/c1-4-6-12(2,11(16)17-3)14-10(15)8-5-7-18-9(8)13/h5,7H,4,6H2,1-3H3,(H,14,15). The summed E-state index contributed by atoms with van der Waals surface area (Å²) in [4.78, 5) is 23.7. The van der Waals surface area contributed by atoms with Gasteiger partial charge < -0.3 is 14.5 Å². The molecule has 1 atom stereocenters. The highest BCUT2D eigenvalue weighted by atomic mass is 35.5. The van der Waals surface area contributed by atoms with Gasteiger partial charge in [-0.05, 0) is 31.0 Å². The third kappa shape index (κ3) is 3.04. The summed E-state index contributed by atoms with van der Waals surface area (Å²) in [5.74, 6) is -0.951. The molecule has 1 aromatic rings. The van der Waals surface area contributed by atoms with Gasteiger partial charge in [0.05, 0.1) is 18.9 Å². The van der Waals surface area contributed by atoms with Gasteiger partial charge in [0.25, 0.3) is 5.91 Å². The third-order valence-corrected chi connectivity index (χ3v) is 2.93. The van der Waals surface area contributed by atoms with Crippen LogP contribution >= 0.6 is 11.6 Å². The molecule has 100 valence electrons. The molecule has 0 saturated carbocycles. The maximum atomic E-state index is 12.0. The quantitative estimate of drug-likeness (QED) is 0.837. The van der Waals surface area contributed by atoms with Crippen LogP contribution in [0.25, 0.3) is 0 Å². The van der Waals surface area contributed by atoms with Gasteiger partial charge in [0, 0.05) is 0 Å². The number of amides is 1. The molecule has 0 fully saturated rings. The van der Waals surface area contributed by atoms with E-state index in [1.165, 1.54) is 19.4 Å². The molecule has 1 unspecified atom stereocenters. The van der Waals surface area contributed by atoms with Crippen molar-refractivity contribution in [1.29, 1.82) is 0 Å². The van der Waals surface area contributed by atoms with E-state index >= 15 is 0 Å². The van der Waals surface area contributed by atoms with Crippen molar-refractivity contribution in [3.8, 4) is 0 Å². The van der Waals surface area contributed by atoms with Crippen LogP contribution < -0.4 is 5.32 Å². The SMILES string of the molecule is CCCC(C)(NC(=O)c1ccoc1Cl)C(=O)OC. The number of furan rings is 1. The van der Waals surface area contributed by atoms with Crippen LogP contribution in [0.5, 0.6) is 0 Å². The predicted octanol–water partition coefficient (Wildman–Crippen LogP) is 2.39. The number of hydrogen-bond donors (Lipinski definition) is 1. The van der Waals surface area contributed by atoms with Crippen LogP contribution in [0.1, 0.15) is 37.0 Å². The van der Waals surface area contributed by atoms with Crippen LogP contribution in [-0.2, 0) is 9.53 Å². The summed E-state index contributed by atoms with van der Waals surface area (Å²) in [7, 11) is 1.28. The molecule has 0 aromatic carbocycles. The second-order valence-electron chi connectivity index (χ2n) is 4.14. The van der Waals surface area contributed by atoms with Crippen LogP contribution in [0, 0.1) is 0 Å². The Balaban J connectivity index is 2.88. The van der Waals surface area contributed by atoms with Crippen LogP contribution in [0.3, 0.4) is 0 Å². The summed E-state index contributed by atoms with van der Waals surface area (Å²) in [6.45, 7) is 3.53. The second-order valence-corrected chi connectivity index (χ2v) is 4.48. The molecular weight excluding hydrogens is 258 g/mol. The molecule has 5 nitrogen and oxygen atoms in total. The number of carbonyl (C=O) groups is 2. The van der Waals surface area contributed by atoms with Gasteiger partial charge in [0.15, 0.2) is 0 Å². The number of methoxy groups -OCH3 is 1. The molecule has 0 aliphatic rings. The van der Waals surface area contributed by atoms with Crippen molar-refractivity contribution in [2.24, 2.45) is 0 Å². The monoisotopic (exact) mass is 273 g/mol. The van der Waals surface area contributed by atoms with E-state index in [-0.39, 0.29) is 10.8 Å². The Hall–Kier alpha value is -1.49. The molecule has 0 bridgehead atoms. The zero-order valence-electron chi connectivity index (χ0n) is 10.6. The molecule has 0 spiro atoms. The highest BCUT2D eigenvalue weighted by Gasteiger charge is 2.36. The van der Waals surface area contributed by atoms with E-state index in [9.17, 15) is 9.59 Å². The van der Waals surface area contributed by atoms with Gasteiger partial charge in [0.2, 0.25) is 5.22 Å². The lowest BCUT2D eigenvalue weighted by atomic mass is 9.96. The first-order chi connectivity index (χ1) is 8.44. The normalized spacial score (nSPS) is 13.8. The van der Waals surface area contributed by atoms with Gasteiger partial charge >= 0.3 is 5.97 Å². The summed E-state index contributed by atoms with van der Waals surface area (Å²) in [5, 5.41) is 2.63. The first kappa shape index (κ1) is 14.6. The molecule has 6 heteroatoms. The largest absolute Gasteiger partial charge is 0.467 e. The molecule has 0 radical (unpaired) electrons. The molecule has 18 heavy (non-hydrogen) atoms. The Morgan fingerprint density at radius 2 is 2.22 bits per heavy atom. The van der Waals surface area contributed by atoms with E-state index in [2.05, 4.69) is 5.32 Å². The lowest BCUT2D eigenvalue weighted by Crippen LogP contribution is -2.52. The van der Waals surface area contributed by atoms with Crippen molar-refractivity contribution in [2.75, 3.05) is 7.11 Å². The van der Waals surface area contributed by atoms with E-state index in [4.69, 9.17) is 20.8 Å². The first-order valence-electron chi connectivity index (χ1n) is 5.58. The smallest absolute Gasteiger partial charge is 0.331 e. The Labute approximate surface area is 110 Å². The van der Waals surface area contributed by atoms with E-state index in [1.54, 1.807) is 6.92 Å². The van der Waals surface area contributed by atoms with Gasteiger partial charge in [-0.25, -0.2) is 4.79 Å². The summed E-state index contributed by atoms with van der Waals surface area (Å²) < 4.78 is 9.54. The van der Waals surface area contributed by atoms with E-state index in [1.807, 2.05) is 6.92 Å². The number of nitrogens with one attached hydrogen (secondary N) is 1. The van der Waals surface area contributed by atoms with Gasteiger partial charge in [-0.15, -0.1) is 0 Å². The highest BCUT2D eigenvalue weighted by Crippen LogP contribution is 2.20. The molecular formula is C12H16ClNO4. The van der Waals surface area contributed by atoms with Crippen molar-refractivity contribution in [1.82, 2.24) is 5.32 Å². The Morgan fingerprint density at radius 1 is 1.56 bits per heavy atom. The van der Waals surface area contributed by atoms with Gasteiger partial charge in [0.1, 0.15) is 5.54 Å². The van der Waals surface area contributed by atoms with E-state index in [0.29, 0.717) is 6.42 Å². The minimum atomic E-state index is -1.07. The molecule has 1 aromatic heterocycles. The number of hydrogen-bond acceptors (Lipinski definition) is 4. The zero-order valence-corrected chi connectivity index (χ0v) is 11.3. The Morgan fingerprint density at radius 3 is 2.67 bits per heavy atom. The number of esters is 1. The average molecular weight is 274 g/mol. The number of halogens is 1. The van der Waals surface area contributed by atoms with Gasteiger partial charge in [-0.2, -0.15) is 0 Å². The predicted molar refractivity (Wildman–Crippen MR) is 66.5 cm³/mol. The summed E-state index contributed by atoms with van der Waals surface area (Å²) in [6.07, 6.45) is 2.51. The van der Waals surface area contributed by atoms with Crippen molar-refractivity contribution >= 4 is 23.5 Å². The molecule has 1 N–H and O–H groups in total. The Kier molecular flexibility index (Phi) is 4.78. The summed E-state index contributed by atoms with van der Waals surface area (Å²) >= 11 is 5.71. The third-order valence-electron chi connectivity index (χ3n) is 2.64. The van der Waals surface area contributed by atoms with Crippen molar-refractivity contribution in [3.63, 3.8) is 0 Å². The van der Waals surface area contributed by atoms with Crippen LogP contribution in [0.2, 0.25) is 5.22 Å². The number of rotatable bonds is 5. The van der Waals surface area contributed by atoms with Crippen molar-refractivity contribution in [3.05, 3.63) is 23.1 Å². The molecule has 0 aliphatic carbocycles. The maximum absolute atomic E-state index is 12.0. The fraction of sp³-hybridized carbons (Fsp3) is 0.500. The van der Waals surface area contributed by atoms with Gasteiger partial charge in [-0.1, -0.05) is 13.3 Å². The average Bonchev–Trinajstić information content (AvgIpc) is 2.74. The van der Waals surface area contributed by atoms with Crippen LogP contribution in [0.15, 0.2) is 16.7 Å². The lowest BCUT2D eigenvalue weighted by Gasteiger charge is -2.27. The minimum Gasteiger partial charge on any atom is -0.467 e. The first-order valence-corrected chi connectivity index (χ1v) is 5.96. The molecule has 1 amide bonds. The molecule has 1 heterocycles. The number of ether oxygens (including phenoxy) is 1. The van der Waals surface area contributed by atoms with Crippen molar-refractivity contribution < 1.29 is 18.7 Å². The van der Waals surface area contributed by atoms with Crippen LogP contribution in [0.4, 0.5) is 0 Å². The van der Waals surface area contributed by atoms with E-state index < -0.39 is 17.4 Å². The zero-order chi connectivity index (χ0) is 13.8. The van der Waals surface area contributed by atoms with Crippen LogP contribution in [-0.4, -0.2) is 24.5 Å². The summed E-state index contributed by atoms with van der Waals surface area (Å²) in [6, 6.07) is 1.45. The molecule has 0 saturated heterocycles. The Bertz CT molecular complexity index is 443. The highest BCUT2D eigenvalue weighted by molar-refractivity contribution is 6.32.